The van der Waals surface area contributed by atoms with E-state index in [1.54, 1.807) is 0 Å². The van der Waals surface area contributed by atoms with Gasteiger partial charge in [-0.3, -0.25) is 0 Å². The SMILES string of the molecule is c1ccc(-c2c3cc4c(cc3c(-c3ccccc3)c3c5cc6cccc7ccc8ccc(c23)c5c8c76)c2cccc3cccc4c32)cc1. The predicted octanol–water partition coefficient (Wildman–Crippen LogP) is 13.7. The van der Waals surface area contributed by atoms with E-state index in [9.17, 15) is 0 Å². The van der Waals surface area contributed by atoms with Crippen LogP contribution in [0.1, 0.15) is 0 Å². The van der Waals surface area contributed by atoms with Crippen LogP contribution >= 0.6 is 0 Å². The fourth-order valence-electron chi connectivity index (χ4n) is 9.37. The number of hydrogen-bond acceptors (Lipinski definition) is 0. The molecule has 0 heteroatoms. The Morgan fingerprint density at radius 1 is 0.208 bits per heavy atom. The molecular weight excluding hydrogens is 577 g/mol. The summed E-state index contributed by atoms with van der Waals surface area (Å²) < 4.78 is 0. The van der Waals surface area contributed by atoms with Gasteiger partial charge in [-0.2, -0.15) is 0 Å². The molecular formula is C48H26. The van der Waals surface area contributed by atoms with Crippen LogP contribution in [-0.4, -0.2) is 0 Å². The topological polar surface area (TPSA) is 0 Å². The van der Waals surface area contributed by atoms with E-state index in [2.05, 4.69) is 158 Å². The van der Waals surface area contributed by atoms with Crippen LogP contribution < -0.4 is 0 Å². The van der Waals surface area contributed by atoms with Gasteiger partial charge in [0.25, 0.3) is 0 Å². The highest BCUT2D eigenvalue weighted by molar-refractivity contribution is 6.46. The molecule has 0 spiro atoms. The predicted molar refractivity (Wildman–Crippen MR) is 208 cm³/mol. The molecule has 0 amide bonds. The minimum Gasteiger partial charge on any atom is -0.0622 e. The molecule has 0 radical (unpaired) electrons. The first kappa shape index (κ1) is 24.9. The number of hydrogen-bond donors (Lipinski definition) is 0. The fourth-order valence-corrected chi connectivity index (χ4v) is 9.37. The Hall–Kier alpha value is -6.24. The molecule has 0 bridgehead atoms. The molecule has 12 aromatic carbocycles. The van der Waals surface area contributed by atoms with E-state index < -0.39 is 0 Å². The first-order chi connectivity index (χ1) is 23.8. The smallest absolute Gasteiger partial charge is 0.000719 e. The Morgan fingerprint density at radius 3 is 1.33 bits per heavy atom. The van der Waals surface area contributed by atoms with Crippen LogP contribution in [0.5, 0.6) is 0 Å². The number of fused-ring (bicyclic) bond motifs is 7. The van der Waals surface area contributed by atoms with Crippen molar-refractivity contribution < 1.29 is 0 Å². The van der Waals surface area contributed by atoms with Crippen LogP contribution in [-0.2, 0) is 0 Å². The van der Waals surface area contributed by atoms with E-state index in [-0.39, 0.29) is 0 Å². The lowest BCUT2D eigenvalue weighted by atomic mass is 9.85. The molecule has 0 saturated carbocycles. The molecule has 12 rings (SSSR count). The zero-order valence-corrected chi connectivity index (χ0v) is 26.0. The van der Waals surface area contributed by atoms with Gasteiger partial charge >= 0.3 is 0 Å². The summed E-state index contributed by atoms with van der Waals surface area (Å²) in [5, 5.41) is 24.1. The highest BCUT2D eigenvalue weighted by Gasteiger charge is 2.26. The Balaban J connectivity index is 1.44. The molecule has 12 aromatic rings. The summed E-state index contributed by atoms with van der Waals surface area (Å²) in [6.45, 7) is 0. The monoisotopic (exact) mass is 602 g/mol. The highest BCUT2D eigenvalue weighted by atomic mass is 14.3. The zero-order valence-electron chi connectivity index (χ0n) is 26.0. The van der Waals surface area contributed by atoms with Crippen molar-refractivity contribution in [2.45, 2.75) is 0 Å². The maximum absolute atomic E-state index is 2.52. The Bertz CT molecular complexity index is 3240. The van der Waals surface area contributed by atoms with Gasteiger partial charge in [0.05, 0.1) is 0 Å². The van der Waals surface area contributed by atoms with Crippen molar-refractivity contribution in [1.82, 2.24) is 0 Å². The standard InChI is InChI=1S/C48H26/c1-3-10-28(11-4-1)43-38-25-36-33-18-8-15-27-16-9-19-34(42(27)33)37(36)26-39(38)44(29-12-5-2-6-13-29)48-40-24-32-17-7-14-30-20-21-31-22-23-35(47(43)48)46(40)45(31)41(30)32/h1-26H. The summed E-state index contributed by atoms with van der Waals surface area (Å²) in [6.07, 6.45) is 0. The normalized spacial score (nSPS) is 12.6. The van der Waals surface area contributed by atoms with Gasteiger partial charge in [0.2, 0.25) is 0 Å². The van der Waals surface area contributed by atoms with E-state index >= 15 is 0 Å². The zero-order chi connectivity index (χ0) is 31.1. The van der Waals surface area contributed by atoms with Crippen LogP contribution in [0.25, 0.3) is 119 Å². The first-order valence-corrected chi connectivity index (χ1v) is 16.9. The Morgan fingerprint density at radius 2 is 0.708 bits per heavy atom. The third-order valence-electron chi connectivity index (χ3n) is 11.2. The number of rotatable bonds is 2. The van der Waals surface area contributed by atoms with E-state index in [1.165, 1.54) is 119 Å². The third-order valence-corrected chi connectivity index (χ3v) is 11.2. The highest BCUT2D eigenvalue weighted by Crippen LogP contribution is 2.54. The summed E-state index contributed by atoms with van der Waals surface area (Å²) in [7, 11) is 0. The third kappa shape index (κ3) is 2.97. The lowest BCUT2D eigenvalue weighted by molar-refractivity contribution is 1.68. The van der Waals surface area contributed by atoms with Crippen LogP contribution in [0.3, 0.4) is 0 Å². The molecule has 0 heterocycles. The number of benzene rings is 10. The molecule has 0 aliphatic carbocycles. The molecule has 0 N–H and O–H groups in total. The summed E-state index contributed by atoms with van der Waals surface area (Å²) in [4.78, 5) is 0. The van der Waals surface area contributed by atoms with Crippen molar-refractivity contribution in [3.8, 4) is 22.3 Å². The van der Waals surface area contributed by atoms with Gasteiger partial charge in [0, 0.05) is 0 Å². The van der Waals surface area contributed by atoms with Gasteiger partial charge < -0.3 is 0 Å². The van der Waals surface area contributed by atoms with Crippen molar-refractivity contribution >= 4 is 97.0 Å². The van der Waals surface area contributed by atoms with Crippen LogP contribution in [0, 0.1) is 0 Å². The average molecular weight is 603 g/mol. The van der Waals surface area contributed by atoms with Crippen LogP contribution in [0.15, 0.2) is 158 Å². The maximum Gasteiger partial charge on any atom is -0.000719 e. The molecule has 0 aliphatic rings. The first-order valence-electron chi connectivity index (χ1n) is 16.9. The summed E-state index contributed by atoms with van der Waals surface area (Å²) in [6, 6.07) is 59.4. The molecule has 0 aliphatic heterocycles. The lowest BCUT2D eigenvalue weighted by Gasteiger charge is -2.17. The summed E-state index contributed by atoms with van der Waals surface area (Å²) in [5.41, 5.74) is 5.17. The second-order valence-electron chi connectivity index (χ2n) is 13.5. The minimum absolute atomic E-state index is 1.26. The summed E-state index contributed by atoms with van der Waals surface area (Å²) in [5.74, 6) is 0. The van der Waals surface area contributed by atoms with Crippen molar-refractivity contribution in [3.63, 3.8) is 0 Å². The molecule has 48 heavy (non-hydrogen) atoms. The quantitative estimate of drug-likeness (QED) is 0.173. The van der Waals surface area contributed by atoms with Crippen molar-refractivity contribution in [1.29, 1.82) is 0 Å². The lowest BCUT2D eigenvalue weighted by Crippen LogP contribution is -1.89. The maximum atomic E-state index is 2.52. The van der Waals surface area contributed by atoms with Gasteiger partial charge in [-0.25, -0.2) is 0 Å². The Labute approximate surface area is 276 Å². The largest absolute Gasteiger partial charge is 0.0622 e. The molecule has 0 saturated heterocycles. The van der Waals surface area contributed by atoms with Crippen molar-refractivity contribution in [2.75, 3.05) is 0 Å². The van der Waals surface area contributed by atoms with Crippen LogP contribution in [0.4, 0.5) is 0 Å². The van der Waals surface area contributed by atoms with Gasteiger partial charge in [0.1, 0.15) is 0 Å². The van der Waals surface area contributed by atoms with E-state index in [4.69, 9.17) is 0 Å². The molecule has 0 unspecified atom stereocenters. The van der Waals surface area contributed by atoms with E-state index in [1.807, 2.05) is 0 Å². The van der Waals surface area contributed by atoms with Crippen LogP contribution in [0.2, 0.25) is 0 Å². The molecule has 218 valence electrons. The molecule has 0 atom stereocenters. The molecule has 0 aromatic heterocycles. The van der Waals surface area contributed by atoms with Gasteiger partial charge in [-0.1, -0.05) is 140 Å². The minimum atomic E-state index is 1.26. The fraction of sp³-hybridized carbons (Fsp3) is 0. The second kappa shape index (κ2) is 8.76. The average Bonchev–Trinajstić information content (AvgIpc) is 3.64. The van der Waals surface area contributed by atoms with Crippen molar-refractivity contribution in [3.05, 3.63) is 158 Å². The van der Waals surface area contributed by atoms with Gasteiger partial charge in [-0.15, -0.1) is 0 Å². The van der Waals surface area contributed by atoms with Gasteiger partial charge in [0.15, 0.2) is 0 Å². The molecule has 0 nitrogen and oxygen atoms in total. The van der Waals surface area contributed by atoms with Gasteiger partial charge in [-0.05, 0) is 137 Å². The van der Waals surface area contributed by atoms with E-state index in [0.717, 1.165) is 0 Å². The summed E-state index contributed by atoms with van der Waals surface area (Å²) >= 11 is 0. The van der Waals surface area contributed by atoms with Crippen molar-refractivity contribution in [2.24, 2.45) is 0 Å². The van der Waals surface area contributed by atoms with E-state index in [0.29, 0.717) is 0 Å². The second-order valence-corrected chi connectivity index (χ2v) is 13.5. The molecule has 0 fully saturated rings. The Kier molecular flexibility index (Phi) is 4.55.